The molecule has 0 unspecified atom stereocenters. The second kappa shape index (κ2) is 11.7. The van der Waals surface area contributed by atoms with Crippen molar-refractivity contribution >= 4 is 82.4 Å². The number of furan rings is 1. The third-order valence-corrected chi connectivity index (χ3v) is 10.7. The van der Waals surface area contributed by atoms with E-state index in [1.807, 2.05) is 0 Å². The molecule has 0 aliphatic carbocycles. The molecule has 0 radical (unpaired) electrons. The first-order chi connectivity index (χ1) is 26.3. The number of hydrogen-bond donors (Lipinski definition) is 0. The average molecular weight is 677 g/mol. The van der Waals surface area contributed by atoms with Crippen LogP contribution >= 0.6 is 0 Å². The van der Waals surface area contributed by atoms with E-state index in [1.165, 1.54) is 49.0 Å². The highest BCUT2D eigenvalue weighted by molar-refractivity contribution is 6.19. The Morgan fingerprint density at radius 1 is 0.358 bits per heavy atom. The van der Waals surface area contributed by atoms with Crippen molar-refractivity contribution in [2.45, 2.75) is 0 Å². The number of aromatic nitrogens is 1. The minimum absolute atomic E-state index is 0.881. The second-order valence-corrected chi connectivity index (χ2v) is 13.8. The van der Waals surface area contributed by atoms with Gasteiger partial charge in [0.1, 0.15) is 11.2 Å². The van der Waals surface area contributed by atoms with Crippen LogP contribution in [0.4, 0.5) is 17.1 Å². The summed E-state index contributed by atoms with van der Waals surface area (Å²) >= 11 is 0. The molecule has 9 aromatic carbocycles. The van der Waals surface area contributed by atoms with Crippen molar-refractivity contribution in [3.8, 4) is 16.8 Å². The monoisotopic (exact) mass is 676 g/mol. The van der Waals surface area contributed by atoms with Gasteiger partial charge in [0.25, 0.3) is 0 Å². The van der Waals surface area contributed by atoms with Gasteiger partial charge in [0.15, 0.2) is 0 Å². The Balaban J connectivity index is 1.13. The maximum absolute atomic E-state index is 6.44. The van der Waals surface area contributed by atoms with E-state index in [2.05, 4.69) is 204 Å². The lowest BCUT2D eigenvalue weighted by molar-refractivity contribution is 0.669. The number of fused-ring (bicyclic) bond motifs is 9. The van der Waals surface area contributed by atoms with Crippen molar-refractivity contribution in [2.75, 3.05) is 4.90 Å². The molecule has 0 amide bonds. The van der Waals surface area contributed by atoms with E-state index in [1.54, 1.807) is 0 Å². The summed E-state index contributed by atoms with van der Waals surface area (Å²) in [7, 11) is 0. The summed E-state index contributed by atoms with van der Waals surface area (Å²) in [6.07, 6.45) is 0. The van der Waals surface area contributed by atoms with Crippen molar-refractivity contribution < 1.29 is 4.42 Å². The van der Waals surface area contributed by atoms with Crippen LogP contribution in [0.1, 0.15) is 0 Å². The largest absolute Gasteiger partial charge is 0.456 e. The Hall–Kier alpha value is -7.10. The van der Waals surface area contributed by atoms with Crippen molar-refractivity contribution in [3.63, 3.8) is 0 Å². The maximum atomic E-state index is 6.44. The van der Waals surface area contributed by atoms with Crippen LogP contribution in [0.25, 0.3) is 82.1 Å². The maximum Gasteiger partial charge on any atom is 0.136 e. The van der Waals surface area contributed by atoms with Crippen molar-refractivity contribution in [3.05, 3.63) is 194 Å². The minimum atomic E-state index is 0.881. The highest BCUT2D eigenvalue weighted by Crippen LogP contribution is 2.43. The number of nitrogens with zero attached hydrogens (tertiary/aromatic N) is 2. The Morgan fingerprint density at radius 3 is 1.85 bits per heavy atom. The summed E-state index contributed by atoms with van der Waals surface area (Å²) < 4.78 is 8.82. The molecule has 0 N–H and O–H groups in total. The van der Waals surface area contributed by atoms with Gasteiger partial charge in [-0.05, 0) is 105 Å². The molecule has 53 heavy (non-hydrogen) atoms. The van der Waals surface area contributed by atoms with Crippen LogP contribution in [0.5, 0.6) is 0 Å². The molecule has 3 nitrogen and oxygen atoms in total. The second-order valence-electron chi connectivity index (χ2n) is 13.8. The van der Waals surface area contributed by atoms with Crippen LogP contribution in [0, 0.1) is 0 Å². The lowest BCUT2D eigenvalue weighted by Gasteiger charge is -2.26. The van der Waals surface area contributed by atoms with Gasteiger partial charge in [-0.25, -0.2) is 0 Å². The van der Waals surface area contributed by atoms with Crippen LogP contribution in [0.15, 0.2) is 199 Å². The number of anilines is 3. The summed E-state index contributed by atoms with van der Waals surface area (Å²) in [5.74, 6) is 0. The third kappa shape index (κ3) is 4.75. The first-order valence-corrected chi connectivity index (χ1v) is 18.1. The molecule has 3 heteroatoms. The Kier molecular flexibility index (Phi) is 6.55. The molecule has 11 rings (SSSR count). The summed E-state index contributed by atoms with van der Waals surface area (Å²) in [5.41, 5.74) is 10.9. The quantitative estimate of drug-likeness (QED) is 0.181. The predicted molar refractivity (Wildman–Crippen MR) is 223 cm³/mol. The van der Waals surface area contributed by atoms with E-state index in [0.29, 0.717) is 0 Å². The van der Waals surface area contributed by atoms with E-state index in [0.717, 1.165) is 50.2 Å². The Labute approximate surface area is 306 Å². The van der Waals surface area contributed by atoms with Gasteiger partial charge >= 0.3 is 0 Å². The third-order valence-electron chi connectivity index (χ3n) is 10.7. The van der Waals surface area contributed by atoms with Crippen molar-refractivity contribution in [2.24, 2.45) is 0 Å². The van der Waals surface area contributed by atoms with Gasteiger partial charge < -0.3 is 13.9 Å². The Bertz CT molecular complexity index is 3170. The van der Waals surface area contributed by atoms with Crippen LogP contribution in [0.2, 0.25) is 0 Å². The standard InChI is InChI=1S/C50H32N2O/c1-2-13-38(14-3-1)52-46-17-9-8-16-43(46)44-27-25-41(32-47(44)52)51(39-23-20-34(21-24-39)37-19-18-33-10-4-5-12-36(33)30-37)40-26-29-48-45(31-40)50-42-15-7-6-11-35(42)22-28-49(50)53-48/h1-32H. The lowest BCUT2D eigenvalue weighted by atomic mass is 10.0. The molecule has 0 saturated carbocycles. The number of benzene rings is 9. The topological polar surface area (TPSA) is 21.3 Å². The van der Waals surface area contributed by atoms with E-state index in [-0.39, 0.29) is 0 Å². The highest BCUT2D eigenvalue weighted by atomic mass is 16.3. The molecule has 2 heterocycles. The SMILES string of the molecule is c1ccc(-n2c3ccccc3c3ccc(N(c4ccc(-c5ccc6ccccc6c5)cc4)c4ccc5oc6ccc7ccccc7c6c5c4)cc32)cc1. The van der Waals surface area contributed by atoms with Crippen LogP contribution in [-0.4, -0.2) is 4.57 Å². The minimum Gasteiger partial charge on any atom is -0.456 e. The Morgan fingerprint density at radius 2 is 0.981 bits per heavy atom. The van der Waals surface area contributed by atoms with Gasteiger partial charge in [-0.2, -0.15) is 0 Å². The molecule has 0 aliphatic rings. The van der Waals surface area contributed by atoms with E-state index >= 15 is 0 Å². The average Bonchev–Trinajstić information content (AvgIpc) is 3.77. The molecule has 0 saturated heterocycles. The van der Waals surface area contributed by atoms with Gasteiger partial charge in [-0.15, -0.1) is 0 Å². The summed E-state index contributed by atoms with van der Waals surface area (Å²) in [6, 6.07) is 69.8. The van der Waals surface area contributed by atoms with Gasteiger partial charge in [-0.3, -0.25) is 0 Å². The van der Waals surface area contributed by atoms with Crippen LogP contribution < -0.4 is 4.90 Å². The summed E-state index contributed by atoms with van der Waals surface area (Å²) in [4.78, 5) is 2.38. The van der Waals surface area contributed by atoms with Crippen molar-refractivity contribution in [1.29, 1.82) is 0 Å². The normalized spacial score (nSPS) is 11.8. The van der Waals surface area contributed by atoms with Crippen molar-refractivity contribution in [1.82, 2.24) is 4.57 Å². The first-order valence-electron chi connectivity index (χ1n) is 18.1. The zero-order valence-corrected chi connectivity index (χ0v) is 28.8. The first kappa shape index (κ1) is 29.6. The fourth-order valence-electron chi connectivity index (χ4n) is 8.25. The van der Waals surface area contributed by atoms with Gasteiger partial charge in [0.05, 0.1) is 11.0 Å². The molecule has 0 fully saturated rings. The molecule has 0 aliphatic heterocycles. The predicted octanol–water partition coefficient (Wildman–Crippen LogP) is 14.1. The number of hydrogen-bond acceptors (Lipinski definition) is 2. The van der Waals surface area contributed by atoms with Gasteiger partial charge in [0, 0.05) is 44.3 Å². The van der Waals surface area contributed by atoms with Gasteiger partial charge in [0.2, 0.25) is 0 Å². The lowest BCUT2D eigenvalue weighted by Crippen LogP contribution is -2.10. The highest BCUT2D eigenvalue weighted by Gasteiger charge is 2.20. The summed E-state index contributed by atoms with van der Waals surface area (Å²) in [6.45, 7) is 0. The zero-order valence-electron chi connectivity index (χ0n) is 28.8. The number of para-hydroxylation sites is 2. The van der Waals surface area contributed by atoms with E-state index < -0.39 is 0 Å². The molecule has 2 aromatic heterocycles. The molecule has 0 bridgehead atoms. The van der Waals surface area contributed by atoms with Crippen LogP contribution in [-0.2, 0) is 0 Å². The van der Waals surface area contributed by atoms with Crippen LogP contribution in [0.3, 0.4) is 0 Å². The molecule has 11 aromatic rings. The van der Waals surface area contributed by atoms with E-state index in [4.69, 9.17) is 4.42 Å². The molecular weight excluding hydrogens is 645 g/mol. The summed E-state index contributed by atoms with van der Waals surface area (Å²) in [5, 5.41) is 9.60. The fraction of sp³-hybridized carbons (Fsp3) is 0. The number of rotatable bonds is 5. The molecule has 0 atom stereocenters. The zero-order chi connectivity index (χ0) is 34.9. The molecule has 0 spiro atoms. The molecule has 248 valence electrons. The molecular formula is C50H32N2O. The van der Waals surface area contributed by atoms with Gasteiger partial charge in [-0.1, -0.05) is 121 Å². The smallest absolute Gasteiger partial charge is 0.136 e. The fourth-order valence-corrected chi connectivity index (χ4v) is 8.25. The van der Waals surface area contributed by atoms with E-state index in [9.17, 15) is 0 Å².